The fourth-order valence-electron chi connectivity index (χ4n) is 4.66. The number of aromatic nitrogens is 3. The zero-order valence-corrected chi connectivity index (χ0v) is 21.8. The number of hydrogen-bond donors (Lipinski definition) is 2. The van der Waals surface area contributed by atoms with Crippen LogP contribution in [0.4, 0.5) is 11.6 Å². The van der Waals surface area contributed by atoms with Gasteiger partial charge in [0, 0.05) is 49.8 Å². The Balaban J connectivity index is 1.43. The van der Waals surface area contributed by atoms with Gasteiger partial charge in [0.1, 0.15) is 5.69 Å². The van der Waals surface area contributed by atoms with Gasteiger partial charge in [-0.1, -0.05) is 12.1 Å². The summed E-state index contributed by atoms with van der Waals surface area (Å²) in [6.45, 7) is 7.09. The van der Waals surface area contributed by atoms with Crippen molar-refractivity contribution in [2.75, 3.05) is 46.1 Å². The molecule has 3 aromatic rings. The summed E-state index contributed by atoms with van der Waals surface area (Å²) in [5, 5.41) is 6.18. The van der Waals surface area contributed by atoms with Crippen molar-refractivity contribution < 1.29 is 9.59 Å². The van der Waals surface area contributed by atoms with Gasteiger partial charge < -0.3 is 25.0 Å². The van der Waals surface area contributed by atoms with Crippen molar-refractivity contribution >= 4 is 23.5 Å². The van der Waals surface area contributed by atoms with E-state index >= 15 is 0 Å². The van der Waals surface area contributed by atoms with Crippen LogP contribution in [0.5, 0.6) is 0 Å². The third kappa shape index (κ3) is 5.57. The standard InChI is InChI=1S/C27H35N7O2/c1-18-24(19(2)34-16-13-28-26(36)25(18)34)22-11-12-29-27(31-22)30-21-9-7-20(8-10-21)17-23(35)33(5)15-6-14-32(3)4/h7-12H,6,13-17H2,1-5H3,(H,28,36)(H,29,30,31). The molecule has 2 N–H and O–H groups in total. The molecule has 0 radical (unpaired) electrons. The first-order valence-electron chi connectivity index (χ1n) is 12.3. The van der Waals surface area contributed by atoms with E-state index in [1.54, 1.807) is 11.1 Å². The lowest BCUT2D eigenvalue weighted by atomic mass is 10.1. The molecular weight excluding hydrogens is 454 g/mol. The van der Waals surface area contributed by atoms with Gasteiger partial charge in [-0.05, 0) is 70.2 Å². The Morgan fingerprint density at radius 2 is 1.86 bits per heavy atom. The van der Waals surface area contributed by atoms with Crippen LogP contribution in [0.2, 0.25) is 0 Å². The van der Waals surface area contributed by atoms with Crippen LogP contribution >= 0.6 is 0 Å². The fourth-order valence-corrected chi connectivity index (χ4v) is 4.66. The molecule has 1 aromatic carbocycles. The van der Waals surface area contributed by atoms with Crippen LogP contribution < -0.4 is 10.6 Å². The topological polar surface area (TPSA) is 95.4 Å². The van der Waals surface area contributed by atoms with Gasteiger partial charge in [0.05, 0.1) is 12.1 Å². The van der Waals surface area contributed by atoms with E-state index < -0.39 is 0 Å². The summed E-state index contributed by atoms with van der Waals surface area (Å²) in [4.78, 5) is 38.0. The highest BCUT2D eigenvalue weighted by molar-refractivity contribution is 5.97. The molecule has 1 aliphatic heterocycles. The van der Waals surface area contributed by atoms with Crippen LogP contribution in [-0.4, -0.2) is 76.9 Å². The Hall–Kier alpha value is -3.72. The quantitative estimate of drug-likeness (QED) is 0.480. The van der Waals surface area contributed by atoms with Crippen molar-refractivity contribution in [3.63, 3.8) is 0 Å². The number of benzene rings is 1. The third-order valence-electron chi connectivity index (χ3n) is 6.60. The van der Waals surface area contributed by atoms with E-state index in [9.17, 15) is 9.59 Å². The number of amides is 2. The van der Waals surface area contributed by atoms with Gasteiger partial charge in [-0.3, -0.25) is 9.59 Å². The Labute approximate surface area is 212 Å². The Morgan fingerprint density at radius 1 is 1.11 bits per heavy atom. The summed E-state index contributed by atoms with van der Waals surface area (Å²) in [7, 11) is 5.93. The van der Waals surface area contributed by atoms with E-state index in [4.69, 9.17) is 4.98 Å². The van der Waals surface area contributed by atoms with E-state index in [1.165, 1.54) is 0 Å². The van der Waals surface area contributed by atoms with Crippen LogP contribution in [0.3, 0.4) is 0 Å². The molecule has 9 heteroatoms. The molecule has 0 fully saturated rings. The predicted octanol–water partition coefficient (Wildman–Crippen LogP) is 3.00. The monoisotopic (exact) mass is 489 g/mol. The molecule has 9 nitrogen and oxygen atoms in total. The predicted molar refractivity (Wildman–Crippen MR) is 142 cm³/mol. The average Bonchev–Trinajstić information content (AvgIpc) is 3.11. The lowest BCUT2D eigenvalue weighted by Crippen LogP contribution is -2.35. The van der Waals surface area contributed by atoms with Crippen LogP contribution in [0.15, 0.2) is 36.5 Å². The molecule has 2 aromatic heterocycles. The molecule has 36 heavy (non-hydrogen) atoms. The first kappa shape index (κ1) is 25.4. The van der Waals surface area contributed by atoms with Gasteiger partial charge in [-0.2, -0.15) is 0 Å². The minimum Gasteiger partial charge on any atom is -0.349 e. The summed E-state index contributed by atoms with van der Waals surface area (Å²) in [6.07, 6.45) is 3.05. The third-order valence-corrected chi connectivity index (χ3v) is 6.60. The molecule has 4 rings (SSSR count). The second-order valence-electron chi connectivity index (χ2n) is 9.58. The van der Waals surface area contributed by atoms with Gasteiger partial charge in [-0.15, -0.1) is 0 Å². The zero-order valence-electron chi connectivity index (χ0n) is 21.8. The first-order chi connectivity index (χ1) is 17.2. The first-order valence-corrected chi connectivity index (χ1v) is 12.3. The highest BCUT2D eigenvalue weighted by Gasteiger charge is 2.26. The zero-order chi connectivity index (χ0) is 25.8. The second kappa shape index (κ2) is 10.9. The highest BCUT2D eigenvalue weighted by atomic mass is 16.2. The molecule has 0 bridgehead atoms. The molecule has 0 unspecified atom stereocenters. The van der Waals surface area contributed by atoms with Gasteiger partial charge in [0.25, 0.3) is 5.91 Å². The molecule has 0 aliphatic carbocycles. The number of likely N-dealkylation sites (N-methyl/N-ethyl adjacent to an activating group) is 1. The molecule has 0 saturated heterocycles. The van der Waals surface area contributed by atoms with Gasteiger partial charge in [0.15, 0.2) is 0 Å². The number of anilines is 2. The lowest BCUT2D eigenvalue weighted by molar-refractivity contribution is -0.129. The molecule has 190 valence electrons. The maximum atomic E-state index is 12.5. The number of nitrogens with one attached hydrogen (secondary N) is 2. The van der Waals surface area contributed by atoms with E-state index in [1.807, 2.05) is 65.3 Å². The number of carbonyl (C=O) groups excluding carboxylic acids is 2. The van der Waals surface area contributed by atoms with Crippen molar-refractivity contribution in [1.82, 2.24) is 29.7 Å². The number of carbonyl (C=O) groups is 2. The summed E-state index contributed by atoms with van der Waals surface area (Å²) < 4.78 is 2.07. The fraction of sp³-hybridized carbons (Fsp3) is 0.407. The second-order valence-corrected chi connectivity index (χ2v) is 9.58. The van der Waals surface area contributed by atoms with Crippen molar-refractivity contribution in [2.24, 2.45) is 0 Å². The highest BCUT2D eigenvalue weighted by Crippen LogP contribution is 2.32. The normalized spacial score (nSPS) is 12.9. The van der Waals surface area contributed by atoms with Gasteiger partial charge in [-0.25, -0.2) is 9.97 Å². The minimum absolute atomic E-state index is 0.0427. The van der Waals surface area contributed by atoms with Crippen molar-refractivity contribution in [1.29, 1.82) is 0 Å². The number of nitrogens with zero attached hydrogens (tertiary/aromatic N) is 5. The minimum atomic E-state index is -0.0427. The molecule has 0 saturated carbocycles. The van der Waals surface area contributed by atoms with Crippen LogP contribution in [-0.2, 0) is 17.8 Å². The smallest absolute Gasteiger partial charge is 0.268 e. The molecule has 1 aliphatic rings. The molecule has 0 spiro atoms. The van der Waals surface area contributed by atoms with E-state index in [0.717, 1.165) is 59.8 Å². The Morgan fingerprint density at radius 3 is 2.56 bits per heavy atom. The number of hydrogen-bond acceptors (Lipinski definition) is 6. The van der Waals surface area contributed by atoms with E-state index in [-0.39, 0.29) is 11.8 Å². The molecule has 0 atom stereocenters. The van der Waals surface area contributed by atoms with E-state index in [0.29, 0.717) is 24.6 Å². The molecule has 2 amide bonds. The average molecular weight is 490 g/mol. The Kier molecular flexibility index (Phi) is 7.69. The maximum absolute atomic E-state index is 12.5. The summed E-state index contributed by atoms with van der Waals surface area (Å²) in [5.74, 6) is 0.545. The van der Waals surface area contributed by atoms with Crippen molar-refractivity contribution in [2.45, 2.75) is 33.2 Å². The SMILES string of the molecule is Cc1c(-c2ccnc(Nc3ccc(CC(=O)N(C)CCCN(C)C)cc3)n2)c(C)n2c1C(=O)NCC2. The lowest BCUT2D eigenvalue weighted by Gasteiger charge is -2.18. The van der Waals surface area contributed by atoms with Gasteiger partial charge >= 0.3 is 0 Å². The molecule has 3 heterocycles. The van der Waals surface area contributed by atoms with Crippen molar-refractivity contribution in [3.05, 3.63) is 59.0 Å². The summed E-state index contributed by atoms with van der Waals surface area (Å²) in [6, 6.07) is 9.64. The van der Waals surface area contributed by atoms with Crippen molar-refractivity contribution in [3.8, 4) is 11.3 Å². The number of fused-ring (bicyclic) bond motifs is 1. The van der Waals surface area contributed by atoms with Gasteiger partial charge in [0.2, 0.25) is 11.9 Å². The van der Waals surface area contributed by atoms with Crippen LogP contribution in [0.25, 0.3) is 11.3 Å². The van der Waals surface area contributed by atoms with Crippen LogP contribution in [0.1, 0.15) is 33.7 Å². The maximum Gasteiger partial charge on any atom is 0.268 e. The Bertz CT molecular complexity index is 1250. The van der Waals surface area contributed by atoms with E-state index in [2.05, 4.69) is 25.1 Å². The molecular formula is C27H35N7O2. The number of rotatable bonds is 9. The summed E-state index contributed by atoms with van der Waals surface area (Å²) in [5.41, 5.74) is 6.20. The van der Waals surface area contributed by atoms with Crippen LogP contribution in [0, 0.1) is 13.8 Å². The largest absolute Gasteiger partial charge is 0.349 e. The summed E-state index contributed by atoms with van der Waals surface area (Å²) >= 11 is 0.